The number of ether oxygens (including phenoxy) is 1. The topological polar surface area (TPSA) is 131 Å². The Labute approximate surface area is 305 Å². The van der Waals surface area contributed by atoms with Crippen molar-refractivity contribution in [3.05, 3.63) is 131 Å². The van der Waals surface area contributed by atoms with Gasteiger partial charge in [0.1, 0.15) is 12.1 Å². The zero-order valence-corrected chi connectivity index (χ0v) is 30.0. The SMILES string of the molecule is C#CC(c1ccccc1)N(C[C@@](O)(Cc1ccccc1)C(=O)N(O)C1CCc2ccccc21)NC(=O)[C@@H](NC(=O)OC)C(C)(C)C.c1cc2ccc1-2. The monoisotopic (exact) mass is 702 g/mol. The van der Waals surface area contributed by atoms with Crippen molar-refractivity contribution in [3.63, 3.8) is 0 Å². The Morgan fingerprint density at radius 2 is 1.48 bits per heavy atom. The molecule has 0 fully saturated rings. The minimum Gasteiger partial charge on any atom is -0.453 e. The molecular weight excluding hydrogens is 656 g/mol. The van der Waals surface area contributed by atoms with Crippen LogP contribution in [0, 0.1) is 17.8 Å². The number of amides is 3. The molecule has 0 aromatic heterocycles. The molecule has 52 heavy (non-hydrogen) atoms. The number of terminal acetylenes is 1. The zero-order chi connectivity index (χ0) is 37.5. The number of fused-ring (bicyclic) bond motifs is 2. The highest BCUT2D eigenvalue weighted by molar-refractivity contribution is 5.87. The van der Waals surface area contributed by atoms with E-state index in [1.165, 1.54) is 23.2 Å². The molecule has 2 unspecified atom stereocenters. The number of benzene rings is 4. The predicted octanol–water partition coefficient (Wildman–Crippen LogP) is 6.01. The minimum absolute atomic E-state index is 0.195. The molecule has 3 aliphatic rings. The Morgan fingerprint density at radius 1 is 0.904 bits per heavy atom. The van der Waals surface area contributed by atoms with Gasteiger partial charge in [0.25, 0.3) is 11.8 Å². The molecule has 0 saturated heterocycles. The molecule has 0 radical (unpaired) electrons. The van der Waals surface area contributed by atoms with E-state index >= 15 is 0 Å². The van der Waals surface area contributed by atoms with E-state index in [0.29, 0.717) is 29.0 Å². The fourth-order valence-electron chi connectivity index (χ4n) is 6.48. The van der Waals surface area contributed by atoms with E-state index in [-0.39, 0.29) is 6.42 Å². The molecule has 270 valence electrons. The Morgan fingerprint density at radius 3 is 2.02 bits per heavy atom. The number of hydrogen-bond donors (Lipinski definition) is 4. The maximum Gasteiger partial charge on any atom is 0.407 e. The maximum atomic E-state index is 14.3. The largest absolute Gasteiger partial charge is 0.453 e. The van der Waals surface area contributed by atoms with Gasteiger partial charge in [0.15, 0.2) is 5.60 Å². The van der Waals surface area contributed by atoms with Crippen molar-refractivity contribution in [1.29, 1.82) is 0 Å². The van der Waals surface area contributed by atoms with Crippen LogP contribution >= 0.6 is 0 Å². The summed E-state index contributed by atoms with van der Waals surface area (Å²) in [6.45, 7) is 4.81. The van der Waals surface area contributed by atoms with Crippen molar-refractivity contribution in [2.75, 3.05) is 13.7 Å². The summed E-state index contributed by atoms with van der Waals surface area (Å²) < 4.78 is 4.75. The van der Waals surface area contributed by atoms with Crippen LogP contribution in [0.3, 0.4) is 0 Å². The Kier molecular flexibility index (Phi) is 11.8. The average molecular weight is 703 g/mol. The number of nitrogens with one attached hydrogen (secondary N) is 2. The number of carbonyl (C=O) groups excluding carboxylic acids is 3. The van der Waals surface area contributed by atoms with Crippen LogP contribution in [0.5, 0.6) is 0 Å². The third kappa shape index (κ3) is 8.69. The number of alkyl carbamates (subject to hydrolysis) is 1. The fraction of sp³-hybridized carbons (Fsp3) is 0.310. The van der Waals surface area contributed by atoms with E-state index in [1.54, 1.807) is 69.3 Å². The second-order valence-corrected chi connectivity index (χ2v) is 14.2. The van der Waals surface area contributed by atoms with E-state index in [9.17, 15) is 24.7 Å². The summed E-state index contributed by atoms with van der Waals surface area (Å²) in [6, 6.07) is 31.2. The molecule has 10 nitrogen and oxygen atoms in total. The quantitative estimate of drug-likeness (QED) is 0.0754. The van der Waals surface area contributed by atoms with Crippen molar-refractivity contribution in [2.45, 2.75) is 63.8 Å². The Hall–Kier alpha value is -5.47. The maximum absolute atomic E-state index is 14.3. The summed E-state index contributed by atoms with van der Waals surface area (Å²) in [7, 11) is 1.20. The second kappa shape index (κ2) is 16.3. The molecule has 4 atom stereocenters. The normalized spacial score (nSPS) is 16.1. The number of carbonyl (C=O) groups is 3. The Balaban J connectivity index is 0.000000776. The van der Waals surface area contributed by atoms with Crippen LogP contribution in [0.4, 0.5) is 4.79 Å². The molecule has 0 bridgehead atoms. The number of rotatable bonds is 11. The highest BCUT2D eigenvalue weighted by atomic mass is 16.5. The molecule has 3 aromatic rings. The first-order chi connectivity index (χ1) is 24.8. The first kappa shape index (κ1) is 37.8. The Bertz CT molecular complexity index is 1870. The van der Waals surface area contributed by atoms with Gasteiger partial charge in [-0.2, -0.15) is 5.01 Å². The van der Waals surface area contributed by atoms with Gasteiger partial charge in [0.05, 0.1) is 19.7 Å². The molecule has 6 rings (SSSR count). The summed E-state index contributed by atoms with van der Waals surface area (Å²) in [5.74, 6) is 1.09. The predicted molar refractivity (Wildman–Crippen MR) is 198 cm³/mol. The van der Waals surface area contributed by atoms with Crippen molar-refractivity contribution in [3.8, 4) is 23.5 Å². The second-order valence-electron chi connectivity index (χ2n) is 14.2. The van der Waals surface area contributed by atoms with Crippen molar-refractivity contribution in [1.82, 2.24) is 20.8 Å². The van der Waals surface area contributed by atoms with Gasteiger partial charge in [-0.3, -0.25) is 20.2 Å². The third-order valence-electron chi connectivity index (χ3n) is 9.41. The fourth-order valence-corrected chi connectivity index (χ4v) is 6.48. The number of aliphatic hydroxyl groups is 1. The van der Waals surface area contributed by atoms with Gasteiger partial charge in [-0.1, -0.05) is 136 Å². The summed E-state index contributed by atoms with van der Waals surface area (Å²) >= 11 is 0. The molecular formula is C42H46N4O6. The summed E-state index contributed by atoms with van der Waals surface area (Å²) in [5.41, 5.74) is 5.67. The summed E-state index contributed by atoms with van der Waals surface area (Å²) in [6.07, 6.45) is 6.19. The van der Waals surface area contributed by atoms with E-state index < -0.39 is 53.6 Å². The van der Waals surface area contributed by atoms with Gasteiger partial charge in [-0.25, -0.2) is 9.86 Å². The van der Waals surface area contributed by atoms with Crippen LogP contribution in [0.1, 0.15) is 61.5 Å². The molecule has 3 aliphatic carbocycles. The van der Waals surface area contributed by atoms with E-state index in [4.69, 9.17) is 11.2 Å². The van der Waals surface area contributed by atoms with Crippen molar-refractivity contribution >= 4 is 17.9 Å². The highest BCUT2D eigenvalue weighted by Gasteiger charge is 2.46. The van der Waals surface area contributed by atoms with Crippen molar-refractivity contribution < 1.29 is 29.4 Å². The number of aryl methyl sites for hydroxylation is 1. The molecule has 4 N–H and O–H groups in total. The molecule has 0 aliphatic heterocycles. The van der Waals surface area contributed by atoms with Gasteiger partial charge in [0.2, 0.25) is 0 Å². The number of nitrogens with zero attached hydrogens (tertiary/aromatic N) is 2. The number of methoxy groups -OCH3 is 1. The molecule has 0 saturated carbocycles. The molecule has 0 spiro atoms. The zero-order valence-electron chi connectivity index (χ0n) is 30.0. The number of hydrogen-bond acceptors (Lipinski definition) is 7. The first-order valence-corrected chi connectivity index (χ1v) is 17.2. The van der Waals surface area contributed by atoms with Crippen LogP contribution in [0.25, 0.3) is 11.1 Å². The van der Waals surface area contributed by atoms with Gasteiger partial charge in [-0.15, -0.1) is 6.42 Å². The van der Waals surface area contributed by atoms with Crippen LogP contribution in [0.2, 0.25) is 0 Å². The minimum atomic E-state index is -2.27. The third-order valence-corrected chi connectivity index (χ3v) is 9.41. The van der Waals surface area contributed by atoms with Gasteiger partial charge in [-0.05, 0) is 51.6 Å². The lowest BCUT2D eigenvalue weighted by molar-refractivity contribution is -0.199. The van der Waals surface area contributed by atoms with E-state index in [0.717, 1.165) is 11.1 Å². The van der Waals surface area contributed by atoms with Crippen LogP contribution in [0.15, 0.2) is 109 Å². The summed E-state index contributed by atoms with van der Waals surface area (Å²) in [5, 5.41) is 28.3. The van der Waals surface area contributed by atoms with Gasteiger partial charge in [0, 0.05) is 6.42 Å². The molecule has 0 heterocycles. The number of hydroxylamine groups is 2. The number of hydrazine groups is 1. The molecule has 3 amide bonds. The van der Waals surface area contributed by atoms with Gasteiger partial charge < -0.3 is 15.2 Å². The average Bonchev–Trinajstić information content (AvgIpc) is 3.56. The van der Waals surface area contributed by atoms with Crippen LogP contribution in [-0.4, -0.2) is 63.6 Å². The lowest BCUT2D eigenvalue weighted by atomic mass is 9.86. The van der Waals surface area contributed by atoms with Gasteiger partial charge >= 0.3 is 6.09 Å². The van der Waals surface area contributed by atoms with Crippen LogP contribution in [-0.2, 0) is 27.2 Å². The van der Waals surface area contributed by atoms with Crippen LogP contribution < -0.4 is 10.7 Å². The molecule has 3 aromatic carbocycles. The molecule has 10 heteroatoms. The highest BCUT2D eigenvalue weighted by Crippen LogP contribution is 2.37. The van der Waals surface area contributed by atoms with Crippen molar-refractivity contribution in [2.24, 2.45) is 5.41 Å². The first-order valence-electron chi connectivity index (χ1n) is 17.2. The lowest BCUT2D eigenvalue weighted by Crippen LogP contribution is -2.62. The summed E-state index contributed by atoms with van der Waals surface area (Å²) in [4.78, 5) is 40.4. The van der Waals surface area contributed by atoms with E-state index in [2.05, 4.69) is 40.9 Å². The standard InChI is InChI=1S/C36H42N4O6.C6H4/c1-6-29(27-18-11-8-12-19-27)39(38-32(41)31(35(2,3)4)37-34(43)46-5)24-36(44,23-25-15-9-7-10-16-25)33(42)40(45)30-22-21-26-17-13-14-20-28(26)30;1-2-6-4-3-5(1)6/h1,7-20,29-31,44-45H,21-24H2,2-5H3,(H,37,43)(H,38,41);1-4H/t29?,30?,31-,36+;/m1./s1. The smallest absolute Gasteiger partial charge is 0.407 e. The van der Waals surface area contributed by atoms with E-state index in [1.807, 2.05) is 36.4 Å². The lowest BCUT2D eigenvalue weighted by Gasteiger charge is -2.40.